The fourth-order valence-corrected chi connectivity index (χ4v) is 3.93. The normalized spacial score (nSPS) is 12.2. The van der Waals surface area contributed by atoms with Crippen LogP contribution in [0.4, 0.5) is 23.1 Å². The van der Waals surface area contributed by atoms with Crippen molar-refractivity contribution in [3.63, 3.8) is 0 Å². The minimum absolute atomic E-state index is 0. The molecule has 0 aliphatic carbocycles. The van der Waals surface area contributed by atoms with Crippen molar-refractivity contribution in [1.29, 1.82) is 0 Å². The molecule has 0 spiro atoms. The number of benzene rings is 2. The fourth-order valence-electron chi connectivity index (χ4n) is 2.88. The fraction of sp³-hybridized carbons (Fsp3) is 0.200. The molecular weight excluding hydrogens is 364 g/mol. The Morgan fingerprint density at radius 2 is 1.42 bits per heavy atom. The number of hydrogen-bond donors (Lipinski definition) is 2. The highest BCUT2D eigenvalue weighted by molar-refractivity contribution is 7.98. The molecule has 0 fully saturated rings. The van der Waals surface area contributed by atoms with Gasteiger partial charge in [-0.15, -0.1) is 12.4 Å². The molecule has 2 aromatic carbocycles. The van der Waals surface area contributed by atoms with Crippen LogP contribution >= 0.6 is 24.2 Å². The molecule has 0 radical (unpaired) electrons. The van der Waals surface area contributed by atoms with Gasteiger partial charge in [-0.25, -0.2) is 4.98 Å². The van der Waals surface area contributed by atoms with E-state index < -0.39 is 0 Å². The molecule has 134 valence electrons. The zero-order chi connectivity index (χ0) is 17.2. The number of nitrogens with zero attached hydrogens (tertiary/aromatic N) is 2. The van der Waals surface area contributed by atoms with Crippen LogP contribution in [0.3, 0.4) is 0 Å². The average Bonchev–Trinajstić information content (AvgIpc) is 3.08. The number of para-hydroxylation sites is 2. The molecule has 0 saturated heterocycles. The molecule has 2 N–H and O–H groups in total. The molecule has 0 amide bonds. The molecule has 0 atom stereocenters. The van der Waals surface area contributed by atoms with Crippen molar-refractivity contribution in [1.82, 2.24) is 9.97 Å². The zero-order valence-corrected chi connectivity index (χ0v) is 16.4. The maximum atomic E-state index is 4.77. The van der Waals surface area contributed by atoms with E-state index in [1.165, 1.54) is 16.7 Å². The summed E-state index contributed by atoms with van der Waals surface area (Å²) in [6.45, 7) is 4.18. The average molecular weight is 385 g/mol. The van der Waals surface area contributed by atoms with E-state index in [0.717, 1.165) is 34.4 Å². The third kappa shape index (κ3) is 3.79. The van der Waals surface area contributed by atoms with Crippen LogP contribution in [0.25, 0.3) is 0 Å². The van der Waals surface area contributed by atoms with Gasteiger partial charge in [0.05, 0.1) is 5.69 Å². The molecule has 3 aromatic rings. The lowest BCUT2D eigenvalue weighted by molar-refractivity contribution is 1.07. The highest BCUT2D eigenvalue weighted by atomic mass is 35.5. The Bertz CT molecular complexity index is 929. The summed E-state index contributed by atoms with van der Waals surface area (Å²) < 4.78 is 0. The molecule has 2 heterocycles. The molecule has 0 bridgehead atoms. The van der Waals surface area contributed by atoms with Crippen LogP contribution in [0.1, 0.15) is 22.4 Å². The van der Waals surface area contributed by atoms with E-state index in [1.54, 1.807) is 0 Å². The van der Waals surface area contributed by atoms with E-state index in [9.17, 15) is 0 Å². The number of thioether (sulfide) groups is 1. The van der Waals surface area contributed by atoms with Crippen molar-refractivity contribution in [2.24, 2.45) is 0 Å². The van der Waals surface area contributed by atoms with Crippen LogP contribution in [-0.4, -0.2) is 9.97 Å². The van der Waals surface area contributed by atoms with Crippen LogP contribution < -0.4 is 10.6 Å². The zero-order valence-electron chi connectivity index (χ0n) is 14.7. The standard InChI is InChI=1S/C20H20N4S.ClH/c1-13-7-3-5-9-16(13)21-19-15-11-25-12-18(15)23-20(24-19)22-17-10-6-4-8-14(17)2;/h3-10H,11-12H2,1-2H3,(H2,21,22,23,24);1H. The summed E-state index contributed by atoms with van der Waals surface area (Å²) >= 11 is 1.88. The molecule has 1 aromatic heterocycles. The van der Waals surface area contributed by atoms with Gasteiger partial charge in [-0.2, -0.15) is 16.7 Å². The van der Waals surface area contributed by atoms with Crippen molar-refractivity contribution < 1.29 is 0 Å². The Morgan fingerprint density at radius 3 is 2.08 bits per heavy atom. The van der Waals surface area contributed by atoms with Gasteiger partial charge in [0.1, 0.15) is 5.82 Å². The van der Waals surface area contributed by atoms with Crippen molar-refractivity contribution in [3.8, 4) is 0 Å². The Kier molecular flexibility index (Phi) is 5.69. The van der Waals surface area contributed by atoms with Gasteiger partial charge in [0.2, 0.25) is 5.95 Å². The number of aromatic nitrogens is 2. The predicted molar refractivity (Wildman–Crippen MR) is 113 cm³/mol. The van der Waals surface area contributed by atoms with Crippen molar-refractivity contribution in [3.05, 3.63) is 70.9 Å². The number of aryl methyl sites for hydroxylation is 2. The number of rotatable bonds is 4. The summed E-state index contributed by atoms with van der Waals surface area (Å²) in [5.41, 5.74) is 6.83. The molecule has 1 aliphatic rings. The van der Waals surface area contributed by atoms with Crippen molar-refractivity contribution in [2.45, 2.75) is 25.4 Å². The van der Waals surface area contributed by atoms with Gasteiger partial charge in [-0.3, -0.25) is 0 Å². The second kappa shape index (κ2) is 7.98. The first-order valence-electron chi connectivity index (χ1n) is 8.33. The quantitative estimate of drug-likeness (QED) is 0.599. The lowest BCUT2D eigenvalue weighted by Gasteiger charge is -2.14. The number of nitrogens with one attached hydrogen (secondary N) is 2. The second-order valence-corrected chi connectivity index (χ2v) is 7.18. The van der Waals surface area contributed by atoms with Gasteiger partial charge in [0.15, 0.2) is 0 Å². The Morgan fingerprint density at radius 1 is 0.808 bits per heavy atom. The topological polar surface area (TPSA) is 49.8 Å². The van der Waals surface area contributed by atoms with Crippen LogP contribution in [0.2, 0.25) is 0 Å². The largest absolute Gasteiger partial charge is 0.340 e. The van der Waals surface area contributed by atoms with Crippen molar-refractivity contribution >= 4 is 47.3 Å². The van der Waals surface area contributed by atoms with E-state index in [0.29, 0.717) is 5.95 Å². The SMILES string of the molecule is Cc1ccccc1Nc1nc2c(c(Nc3ccccc3C)n1)CSC2.Cl. The van der Waals surface area contributed by atoms with Gasteiger partial charge in [0, 0.05) is 28.4 Å². The van der Waals surface area contributed by atoms with E-state index in [1.807, 2.05) is 36.0 Å². The van der Waals surface area contributed by atoms with Gasteiger partial charge in [0.25, 0.3) is 0 Å². The summed E-state index contributed by atoms with van der Waals surface area (Å²) in [5.74, 6) is 3.43. The highest BCUT2D eigenvalue weighted by Crippen LogP contribution is 2.35. The third-order valence-corrected chi connectivity index (χ3v) is 5.34. The summed E-state index contributed by atoms with van der Waals surface area (Å²) in [4.78, 5) is 9.50. The minimum atomic E-state index is 0. The number of halogens is 1. The molecule has 6 heteroatoms. The van der Waals surface area contributed by atoms with Crippen LogP contribution in [0.5, 0.6) is 0 Å². The predicted octanol–water partition coefficient (Wildman–Crippen LogP) is 5.75. The molecule has 1 aliphatic heterocycles. The lowest BCUT2D eigenvalue weighted by atomic mass is 10.2. The summed E-state index contributed by atoms with van der Waals surface area (Å²) in [5, 5.41) is 6.88. The first kappa shape index (κ1) is 18.5. The number of fused-ring (bicyclic) bond motifs is 1. The van der Waals surface area contributed by atoms with E-state index in [4.69, 9.17) is 9.97 Å². The smallest absolute Gasteiger partial charge is 0.229 e. The Labute approximate surface area is 164 Å². The van der Waals surface area contributed by atoms with Gasteiger partial charge >= 0.3 is 0 Å². The Hall–Kier alpha value is -2.24. The van der Waals surface area contributed by atoms with E-state index >= 15 is 0 Å². The lowest BCUT2D eigenvalue weighted by Crippen LogP contribution is -2.07. The number of anilines is 4. The van der Waals surface area contributed by atoms with E-state index in [2.05, 4.69) is 48.7 Å². The highest BCUT2D eigenvalue weighted by Gasteiger charge is 2.20. The molecule has 0 saturated carbocycles. The summed E-state index contributed by atoms with van der Waals surface area (Å²) in [7, 11) is 0. The van der Waals surface area contributed by atoms with Gasteiger partial charge in [-0.1, -0.05) is 36.4 Å². The summed E-state index contributed by atoms with van der Waals surface area (Å²) in [6, 6.07) is 16.5. The van der Waals surface area contributed by atoms with Crippen molar-refractivity contribution in [2.75, 3.05) is 10.6 Å². The third-order valence-electron chi connectivity index (χ3n) is 4.37. The molecular formula is C20H21ClN4S. The Balaban J connectivity index is 0.00000196. The molecule has 26 heavy (non-hydrogen) atoms. The minimum Gasteiger partial charge on any atom is -0.340 e. The van der Waals surface area contributed by atoms with Crippen LogP contribution in [0, 0.1) is 13.8 Å². The monoisotopic (exact) mass is 384 g/mol. The summed E-state index contributed by atoms with van der Waals surface area (Å²) in [6.07, 6.45) is 0. The molecule has 0 unspecified atom stereocenters. The molecule has 4 rings (SSSR count). The second-order valence-electron chi connectivity index (χ2n) is 6.19. The maximum absolute atomic E-state index is 4.77. The van der Waals surface area contributed by atoms with Gasteiger partial charge < -0.3 is 10.6 Å². The first-order valence-corrected chi connectivity index (χ1v) is 9.49. The first-order chi connectivity index (χ1) is 12.2. The van der Waals surface area contributed by atoms with E-state index in [-0.39, 0.29) is 12.4 Å². The van der Waals surface area contributed by atoms with Gasteiger partial charge in [-0.05, 0) is 37.1 Å². The molecule has 4 nitrogen and oxygen atoms in total. The maximum Gasteiger partial charge on any atom is 0.229 e. The van der Waals surface area contributed by atoms with Crippen LogP contribution in [-0.2, 0) is 11.5 Å². The van der Waals surface area contributed by atoms with Crippen LogP contribution in [0.15, 0.2) is 48.5 Å². The number of hydrogen-bond acceptors (Lipinski definition) is 5.